The van der Waals surface area contributed by atoms with Crippen molar-refractivity contribution in [3.63, 3.8) is 0 Å². The Labute approximate surface area is 338 Å². The number of esters is 1. The van der Waals surface area contributed by atoms with Crippen LogP contribution in [-0.2, 0) is 40.4 Å². The number of hydrogen-bond acceptors (Lipinski definition) is 9. The average molecular weight is 815 g/mol. The monoisotopic (exact) mass is 814 g/mol. The van der Waals surface area contributed by atoms with Crippen LogP contribution in [0.25, 0.3) is 22.2 Å². The number of hydrogen-bond donors (Lipinski definition) is 2. The number of pyridine rings is 1. The van der Waals surface area contributed by atoms with Gasteiger partial charge in [-0.3, -0.25) is 23.9 Å². The van der Waals surface area contributed by atoms with Crippen molar-refractivity contribution in [2.75, 3.05) is 6.54 Å². The quantitative estimate of drug-likeness (QED) is 0.214. The Morgan fingerprint density at radius 3 is 2.62 bits per heavy atom. The number of aryl methyl sites for hydroxylation is 1. The molecule has 1 saturated heterocycles. The van der Waals surface area contributed by atoms with Gasteiger partial charge in [0.15, 0.2) is 0 Å². The highest BCUT2D eigenvalue weighted by Crippen LogP contribution is 2.50. The summed E-state index contributed by atoms with van der Waals surface area (Å²) in [6, 6.07) is 12.7. The van der Waals surface area contributed by atoms with Crippen LogP contribution >= 0.6 is 0 Å². The van der Waals surface area contributed by atoms with Gasteiger partial charge in [0.1, 0.15) is 34.4 Å². The van der Waals surface area contributed by atoms with Crippen molar-refractivity contribution in [1.82, 2.24) is 19.9 Å². The summed E-state index contributed by atoms with van der Waals surface area (Å²) < 4.78 is 54.9. The van der Waals surface area contributed by atoms with Gasteiger partial charge in [0.25, 0.3) is 5.91 Å². The predicted octanol–water partition coefficient (Wildman–Crippen LogP) is 6.06. The normalized spacial score (nSPS) is 28.6. The van der Waals surface area contributed by atoms with E-state index in [1.165, 1.54) is 17.0 Å². The third kappa shape index (κ3) is 7.59. The van der Waals surface area contributed by atoms with E-state index >= 15 is 0 Å². The molecule has 5 atom stereocenters. The highest BCUT2D eigenvalue weighted by Gasteiger charge is 2.64. The van der Waals surface area contributed by atoms with Crippen molar-refractivity contribution in [2.45, 2.75) is 126 Å². The molecule has 5 aliphatic rings. The minimum atomic E-state index is -4.01. The number of halogens is 1. The van der Waals surface area contributed by atoms with Crippen LogP contribution in [-0.4, -0.2) is 76.6 Å². The Kier molecular flexibility index (Phi) is 10.4. The summed E-state index contributed by atoms with van der Waals surface area (Å²) in [6.07, 6.45) is 8.71. The largest absolute Gasteiger partial charge is 0.483 e. The standard InChI is InChI=1S/C44H51FN4O8S/c1-27(2)56-36(50)23-29-12-7-5-4-6-8-14-30-24-44(30,41(53)48-58(54,55)42(3)20-21-42)47-39(51)35-25-43(26-49(35)40(29)52)19-18-33-32-16-9-10-17-34(32)46-37(38(33)57-43)28-13-11-15-31(45)22-28/h8-11,13-17,22,27,29-30,35H,4-7,12,18-21,23-26H2,1-3H3,(H,47,51)(H,48,53)/b14-8-/t29-,30-,35+,43-,44-/m1/s1. The Balaban J connectivity index is 1.17. The van der Waals surface area contributed by atoms with Gasteiger partial charge in [-0.1, -0.05) is 55.3 Å². The molecule has 3 fully saturated rings. The Bertz CT molecular complexity index is 2310. The van der Waals surface area contributed by atoms with Crippen LogP contribution in [0.3, 0.4) is 0 Å². The molecule has 1 aromatic heterocycles. The molecule has 1 spiro atoms. The molecule has 2 N–H and O–H groups in total. The molecule has 308 valence electrons. The number of nitrogens with one attached hydrogen (secondary N) is 2. The van der Waals surface area contributed by atoms with Gasteiger partial charge in [0.2, 0.25) is 21.8 Å². The number of rotatable bonds is 7. The van der Waals surface area contributed by atoms with Gasteiger partial charge in [0.05, 0.1) is 29.3 Å². The fourth-order valence-electron chi connectivity index (χ4n) is 8.96. The molecule has 4 heterocycles. The summed E-state index contributed by atoms with van der Waals surface area (Å²) in [4.78, 5) is 63.2. The summed E-state index contributed by atoms with van der Waals surface area (Å²) in [7, 11) is -4.01. The van der Waals surface area contributed by atoms with Crippen molar-refractivity contribution in [3.8, 4) is 17.0 Å². The average Bonchev–Trinajstić information content (AvgIpc) is 4.07. The number of aromatic nitrogens is 1. The maximum Gasteiger partial charge on any atom is 0.306 e. The van der Waals surface area contributed by atoms with E-state index in [1.807, 2.05) is 36.4 Å². The molecule has 0 unspecified atom stereocenters. The number of allylic oxidation sites excluding steroid dienone is 1. The number of fused-ring (bicyclic) bond motifs is 5. The zero-order valence-electron chi connectivity index (χ0n) is 33.2. The van der Waals surface area contributed by atoms with Crippen LogP contribution in [0.2, 0.25) is 0 Å². The minimum Gasteiger partial charge on any atom is -0.483 e. The number of amides is 3. The van der Waals surface area contributed by atoms with E-state index in [0.29, 0.717) is 62.0 Å². The molecule has 2 saturated carbocycles. The summed E-state index contributed by atoms with van der Waals surface area (Å²) in [5.74, 6) is -3.53. The topological polar surface area (TPSA) is 161 Å². The molecule has 3 amide bonds. The Morgan fingerprint density at radius 2 is 1.86 bits per heavy atom. The highest BCUT2D eigenvalue weighted by atomic mass is 32.2. The number of sulfonamides is 1. The Hall–Kier alpha value is -4.85. The van der Waals surface area contributed by atoms with Gasteiger partial charge in [-0.15, -0.1) is 0 Å². The molecule has 2 aliphatic carbocycles. The first kappa shape index (κ1) is 40.0. The van der Waals surface area contributed by atoms with Gasteiger partial charge < -0.3 is 19.7 Å². The van der Waals surface area contributed by atoms with Crippen LogP contribution in [0.4, 0.5) is 4.39 Å². The first-order chi connectivity index (χ1) is 27.6. The van der Waals surface area contributed by atoms with E-state index in [-0.39, 0.29) is 31.9 Å². The van der Waals surface area contributed by atoms with E-state index < -0.39 is 73.3 Å². The van der Waals surface area contributed by atoms with E-state index in [9.17, 15) is 32.0 Å². The molecule has 2 aromatic carbocycles. The SMILES string of the molecule is CC(C)OC(=O)C[C@H]1CCCCC/C=C\[C@@H]2C[C@@]2(C(=O)NS(=O)(=O)C2(C)CC2)NC(=O)[C@@H]2C[C@]3(CCc4c(c(-c5cccc(F)c5)nc5ccccc45)O3)CN2C1=O. The number of carbonyl (C=O) groups is 4. The van der Waals surface area contributed by atoms with Crippen molar-refractivity contribution in [1.29, 1.82) is 0 Å². The maximum atomic E-state index is 14.9. The number of benzene rings is 2. The summed E-state index contributed by atoms with van der Waals surface area (Å²) in [6.45, 7) is 5.09. The third-order valence-electron chi connectivity index (χ3n) is 12.7. The van der Waals surface area contributed by atoms with E-state index in [1.54, 1.807) is 32.9 Å². The van der Waals surface area contributed by atoms with Gasteiger partial charge in [-0.2, -0.15) is 0 Å². The van der Waals surface area contributed by atoms with Crippen LogP contribution in [0.15, 0.2) is 60.7 Å². The molecule has 12 nitrogen and oxygen atoms in total. The van der Waals surface area contributed by atoms with Crippen molar-refractivity contribution >= 4 is 44.6 Å². The van der Waals surface area contributed by atoms with Crippen LogP contribution in [0.1, 0.15) is 97.0 Å². The molecule has 0 bridgehead atoms. The second kappa shape index (κ2) is 15.1. The van der Waals surface area contributed by atoms with E-state index in [4.69, 9.17) is 14.5 Å². The first-order valence-corrected chi connectivity index (χ1v) is 22.0. The first-order valence-electron chi connectivity index (χ1n) is 20.5. The second-order valence-corrected chi connectivity index (χ2v) is 19.6. The van der Waals surface area contributed by atoms with Crippen molar-refractivity contribution < 1.29 is 41.5 Å². The number of ether oxygens (including phenoxy) is 2. The molecule has 3 aliphatic heterocycles. The summed E-state index contributed by atoms with van der Waals surface area (Å²) in [5, 5.41) is 3.83. The van der Waals surface area contributed by atoms with Crippen molar-refractivity contribution in [3.05, 3.63) is 72.1 Å². The highest BCUT2D eigenvalue weighted by molar-refractivity contribution is 7.91. The molecule has 14 heteroatoms. The number of para-hydroxylation sites is 1. The van der Waals surface area contributed by atoms with Gasteiger partial charge >= 0.3 is 5.97 Å². The van der Waals surface area contributed by atoms with Crippen molar-refractivity contribution in [2.24, 2.45) is 11.8 Å². The molecular formula is C44H51FN4O8S. The van der Waals surface area contributed by atoms with Gasteiger partial charge in [-0.05, 0) is 90.3 Å². The molecular weight excluding hydrogens is 764 g/mol. The van der Waals surface area contributed by atoms with E-state index in [0.717, 1.165) is 29.3 Å². The van der Waals surface area contributed by atoms with E-state index in [2.05, 4.69) is 10.0 Å². The smallest absolute Gasteiger partial charge is 0.306 e. The minimum absolute atomic E-state index is 0.00374. The molecule has 58 heavy (non-hydrogen) atoms. The predicted molar refractivity (Wildman–Crippen MR) is 214 cm³/mol. The van der Waals surface area contributed by atoms with Crippen LogP contribution in [0.5, 0.6) is 5.75 Å². The lowest BCUT2D eigenvalue weighted by molar-refractivity contribution is -0.153. The second-order valence-electron chi connectivity index (χ2n) is 17.4. The number of carbonyl (C=O) groups excluding carboxylic acids is 4. The molecule has 8 rings (SSSR count). The Morgan fingerprint density at radius 1 is 1.07 bits per heavy atom. The molecule has 3 aromatic rings. The lowest BCUT2D eigenvalue weighted by atomic mass is 9.86. The van der Waals surface area contributed by atoms with Gasteiger partial charge in [0, 0.05) is 34.8 Å². The zero-order valence-corrected chi connectivity index (χ0v) is 34.0. The fourth-order valence-corrected chi connectivity index (χ4v) is 10.3. The zero-order chi connectivity index (χ0) is 41.0. The lowest BCUT2D eigenvalue weighted by Crippen LogP contribution is -2.57. The summed E-state index contributed by atoms with van der Waals surface area (Å²) in [5.41, 5.74) is -0.0633. The van der Waals surface area contributed by atoms with Crippen LogP contribution < -0.4 is 14.8 Å². The summed E-state index contributed by atoms with van der Waals surface area (Å²) >= 11 is 0. The maximum absolute atomic E-state index is 14.9. The number of nitrogens with zero attached hydrogens (tertiary/aromatic N) is 2. The fraction of sp³-hybridized carbons (Fsp3) is 0.523. The molecule has 0 radical (unpaired) electrons. The van der Waals surface area contributed by atoms with Crippen LogP contribution in [0, 0.1) is 17.7 Å². The van der Waals surface area contributed by atoms with Gasteiger partial charge in [-0.25, -0.2) is 17.8 Å². The lowest BCUT2D eigenvalue weighted by Gasteiger charge is -2.37. The third-order valence-corrected chi connectivity index (χ3v) is 14.9.